The van der Waals surface area contributed by atoms with Crippen molar-refractivity contribution in [3.8, 4) is 11.5 Å². The quantitative estimate of drug-likeness (QED) is 0.505. The zero-order valence-corrected chi connectivity index (χ0v) is 16.9. The monoisotopic (exact) mass is 435 g/mol. The Morgan fingerprint density at radius 3 is 2.62 bits per heavy atom. The molecule has 0 radical (unpaired) electrons. The first-order chi connectivity index (χ1) is 13.9. The molecular weight excluding hydrogens is 421 g/mol. The SMILES string of the molecule is COC(=O)COc1c(Cl)cc(/C=C2\N=C(c3ccccc3Cl)OC2=O)cc1OC. The summed E-state index contributed by atoms with van der Waals surface area (Å²) in [6, 6.07) is 10.0. The summed E-state index contributed by atoms with van der Waals surface area (Å²) < 4.78 is 20.4. The van der Waals surface area contributed by atoms with E-state index in [9.17, 15) is 9.59 Å². The zero-order chi connectivity index (χ0) is 21.0. The van der Waals surface area contributed by atoms with Gasteiger partial charge in [-0.25, -0.2) is 14.6 Å². The second kappa shape index (κ2) is 8.98. The van der Waals surface area contributed by atoms with E-state index in [1.54, 1.807) is 36.4 Å². The number of carbonyl (C=O) groups is 2. The number of rotatable bonds is 6. The molecule has 0 saturated carbocycles. The lowest BCUT2D eigenvalue weighted by Crippen LogP contribution is -2.13. The molecular formula is C20H15Cl2NO6. The highest BCUT2D eigenvalue weighted by molar-refractivity contribution is 6.34. The Morgan fingerprint density at radius 1 is 1.17 bits per heavy atom. The molecule has 1 heterocycles. The van der Waals surface area contributed by atoms with Gasteiger partial charge < -0.3 is 18.9 Å². The first-order valence-electron chi connectivity index (χ1n) is 8.27. The maximum atomic E-state index is 12.2. The topological polar surface area (TPSA) is 83.4 Å². The summed E-state index contributed by atoms with van der Waals surface area (Å²) in [5.41, 5.74) is 1.10. The molecule has 3 rings (SSSR count). The minimum atomic E-state index is -0.624. The molecule has 7 nitrogen and oxygen atoms in total. The Balaban J connectivity index is 1.91. The van der Waals surface area contributed by atoms with E-state index in [0.717, 1.165) is 0 Å². The molecule has 0 atom stereocenters. The van der Waals surface area contributed by atoms with Crippen molar-refractivity contribution in [3.63, 3.8) is 0 Å². The summed E-state index contributed by atoms with van der Waals surface area (Å²) in [7, 11) is 2.67. The molecule has 150 valence electrons. The minimum absolute atomic E-state index is 0.0706. The van der Waals surface area contributed by atoms with E-state index in [4.69, 9.17) is 37.4 Å². The molecule has 2 aromatic rings. The van der Waals surface area contributed by atoms with Crippen molar-refractivity contribution in [1.29, 1.82) is 0 Å². The summed E-state index contributed by atoms with van der Waals surface area (Å²) in [5, 5.41) is 0.596. The minimum Gasteiger partial charge on any atom is -0.493 e. The Kier molecular flexibility index (Phi) is 6.41. The van der Waals surface area contributed by atoms with Gasteiger partial charge in [0.15, 0.2) is 23.8 Å². The molecule has 0 aliphatic carbocycles. The Bertz CT molecular complexity index is 1030. The molecule has 2 aromatic carbocycles. The molecule has 0 fully saturated rings. The molecule has 1 aliphatic heterocycles. The van der Waals surface area contributed by atoms with Crippen LogP contribution in [0.2, 0.25) is 10.0 Å². The number of nitrogens with zero attached hydrogens (tertiary/aromatic N) is 1. The Hall–Kier alpha value is -3.03. The third-order valence-corrected chi connectivity index (χ3v) is 4.45. The van der Waals surface area contributed by atoms with Crippen molar-refractivity contribution < 1.29 is 28.5 Å². The number of methoxy groups -OCH3 is 2. The van der Waals surface area contributed by atoms with Crippen LogP contribution in [0, 0.1) is 0 Å². The standard InChI is InChI=1S/C20H15Cl2NO6/c1-26-16-9-11(7-14(22)18(16)28-10-17(24)27-2)8-15-20(25)29-19(23-15)12-5-3-4-6-13(12)21/h3-9H,10H2,1-2H3/b15-8-. The van der Waals surface area contributed by atoms with Crippen LogP contribution in [0.3, 0.4) is 0 Å². The van der Waals surface area contributed by atoms with Crippen LogP contribution in [0.25, 0.3) is 6.08 Å². The number of hydrogen-bond acceptors (Lipinski definition) is 7. The van der Waals surface area contributed by atoms with Gasteiger partial charge in [0.25, 0.3) is 0 Å². The summed E-state index contributed by atoms with van der Waals surface area (Å²) in [4.78, 5) is 27.7. The highest BCUT2D eigenvalue weighted by Crippen LogP contribution is 2.37. The fraction of sp³-hybridized carbons (Fsp3) is 0.150. The van der Waals surface area contributed by atoms with Crippen LogP contribution in [0.1, 0.15) is 11.1 Å². The predicted molar refractivity (Wildman–Crippen MR) is 108 cm³/mol. The number of halogens is 2. The second-order valence-corrected chi connectivity index (χ2v) is 6.53. The number of carbonyl (C=O) groups excluding carboxylic acids is 2. The van der Waals surface area contributed by atoms with Gasteiger partial charge in [-0.05, 0) is 35.9 Å². The van der Waals surface area contributed by atoms with Crippen LogP contribution >= 0.6 is 23.2 Å². The maximum Gasteiger partial charge on any atom is 0.363 e. The molecule has 0 unspecified atom stereocenters. The normalized spacial score (nSPS) is 14.4. The highest BCUT2D eigenvalue weighted by Gasteiger charge is 2.25. The van der Waals surface area contributed by atoms with Crippen LogP contribution in [-0.4, -0.2) is 38.7 Å². The van der Waals surface area contributed by atoms with Gasteiger partial charge in [-0.1, -0.05) is 35.3 Å². The summed E-state index contributed by atoms with van der Waals surface area (Å²) in [6.45, 7) is -0.329. The molecule has 9 heteroatoms. The molecule has 0 saturated heterocycles. The van der Waals surface area contributed by atoms with Gasteiger partial charge in [0.1, 0.15) is 0 Å². The van der Waals surface area contributed by atoms with E-state index < -0.39 is 11.9 Å². The van der Waals surface area contributed by atoms with Crippen LogP contribution in [0.5, 0.6) is 11.5 Å². The van der Waals surface area contributed by atoms with Gasteiger partial charge in [0.05, 0.1) is 29.8 Å². The van der Waals surface area contributed by atoms with Crippen LogP contribution in [-0.2, 0) is 19.1 Å². The van der Waals surface area contributed by atoms with Crippen LogP contribution < -0.4 is 9.47 Å². The van der Waals surface area contributed by atoms with Gasteiger partial charge in [-0.3, -0.25) is 0 Å². The van der Waals surface area contributed by atoms with E-state index >= 15 is 0 Å². The lowest BCUT2D eigenvalue weighted by atomic mass is 10.1. The number of aliphatic imine (C=N–C) groups is 1. The first-order valence-corrected chi connectivity index (χ1v) is 9.03. The summed E-state index contributed by atoms with van der Waals surface area (Å²) >= 11 is 12.4. The average molecular weight is 436 g/mol. The van der Waals surface area contributed by atoms with Gasteiger partial charge in [0.2, 0.25) is 5.90 Å². The third kappa shape index (κ3) is 4.70. The number of ether oxygens (including phenoxy) is 4. The van der Waals surface area contributed by atoms with E-state index in [-0.39, 0.29) is 34.7 Å². The van der Waals surface area contributed by atoms with Crippen LogP contribution in [0.4, 0.5) is 0 Å². The number of hydrogen-bond donors (Lipinski definition) is 0. The molecule has 0 aromatic heterocycles. The second-order valence-electron chi connectivity index (χ2n) is 5.71. The van der Waals surface area contributed by atoms with Crippen molar-refractivity contribution in [2.24, 2.45) is 4.99 Å². The third-order valence-electron chi connectivity index (χ3n) is 3.84. The van der Waals surface area contributed by atoms with Gasteiger partial charge >= 0.3 is 11.9 Å². The molecule has 0 bridgehead atoms. The number of benzene rings is 2. The fourth-order valence-electron chi connectivity index (χ4n) is 2.47. The molecule has 0 amide bonds. The Labute approximate surface area is 176 Å². The van der Waals surface area contributed by atoms with Gasteiger partial charge in [-0.15, -0.1) is 0 Å². The summed E-state index contributed by atoms with van der Waals surface area (Å²) in [6.07, 6.45) is 1.49. The van der Waals surface area contributed by atoms with Crippen LogP contribution in [0.15, 0.2) is 47.1 Å². The maximum absolute atomic E-state index is 12.2. The van der Waals surface area contributed by atoms with E-state index in [1.165, 1.54) is 20.3 Å². The number of esters is 2. The largest absolute Gasteiger partial charge is 0.493 e. The fourth-order valence-corrected chi connectivity index (χ4v) is 2.96. The van der Waals surface area contributed by atoms with E-state index in [1.807, 2.05) is 0 Å². The average Bonchev–Trinajstić information content (AvgIpc) is 3.06. The van der Waals surface area contributed by atoms with Crippen molar-refractivity contribution in [2.75, 3.05) is 20.8 Å². The number of cyclic esters (lactones) is 1. The van der Waals surface area contributed by atoms with E-state index in [0.29, 0.717) is 16.1 Å². The highest BCUT2D eigenvalue weighted by atomic mass is 35.5. The molecule has 29 heavy (non-hydrogen) atoms. The lowest BCUT2D eigenvalue weighted by molar-refractivity contribution is -0.143. The smallest absolute Gasteiger partial charge is 0.363 e. The first kappa shape index (κ1) is 20.7. The van der Waals surface area contributed by atoms with Crippen molar-refractivity contribution in [3.05, 3.63) is 63.3 Å². The molecule has 0 spiro atoms. The van der Waals surface area contributed by atoms with Crippen molar-refractivity contribution in [2.45, 2.75) is 0 Å². The zero-order valence-electron chi connectivity index (χ0n) is 15.4. The van der Waals surface area contributed by atoms with E-state index in [2.05, 4.69) is 9.73 Å². The van der Waals surface area contributed by atoms with Gasteiger partial charge in [0, 0.05) is 0 Å². The predicted octanol–water partition coefficient (Wildman–Crippen LogP) is 3.90. The van der Waals surface area contributed by atoms with Crippen molar-refractivity contribution >= 4 is 47.1 Å². The van der Waals surface area contributed by atoms with Crippen molar-refractivity contribution in [1.82, 2.24) is 0 Å². The molecule has 0 N–H and O–H groups in total. The molecule has 1 aliphatic rings. The lowest BCUT2D eigenvalue weighted by Gasteiger charge is -2.12. The summed E-state index contributed by atoms with van der Waals surface area (Å²) in [5.74, 6) is -0.626. The Morgan fingerprint density at radius 2 is 1.93 bits per heavy atom. The van der Waals surface area contributed by atoms with Gasteiger partial charge in [-0.2, -0.15) is 0 Å².